The summed E-state index contributed by atoms with van der Waals surface area (Å²) in [6, 6.07) is 4.22. The number of hydrogen-bond donors (Lipinski definition) is 0. The van der Waals surface area contributed by atoms with Crippen LogP contribution in [0.25, 0.3) is 0 Å². The minimum Gasteiger partial charge on any atom is -0.493 e. The van der Waals surface area contributed by atoms with Gasteiger partial charge >= 0.3 is 0 Å². The molecule has 94 valence electrons. The summed E-state index contributed by atoms with van der Waals surface area (Å²) in [6.45, 7) is 5.48. The molecule has 0 atom stereocenters. The van der Waals surface area contributed by atoms with E-state index in [2.05, 4.69) is 24.0 Å². The normalized spacial score (nSPS) is 14.8. The first kappa shape index (κ1) is 12.2. The van der Waals surface area contributed by atoms with Crippen LogP contribution in [-0.2, 0) is 13.1 Å². The third kappa shape index (κ3) is 2.55. The molecule has 0 fully saturated rings. The molecule has 3 nitrogen and oxygen atoms in total. The highest BCUT2D eigenvalue weighted by Gasteiger charge is 2.21. The van der Waals surface area contributed by atoms with E-state index in [1.54, 1.807) is 14.2 Å². The summed E-state index contributed by atoms with van der Waals surface area (Å²) in [4.78, 5) is 2.48. The van der Waals surface area contributed by atoms with Crippen molar-refractivity contribution in [2.75, 3.05) is 20.8 Å². The van der Waals surface area contributed by atoms with E-state index in [0.717, 1.165) is 24.6 Å². The summed E-state index contributed by atoms with van der Waals surface area (Å²) >= 11 is 0. The molecule has 2 rings (SSSR count). The fourth-order valence-electron chi connectivity index (χ4n) is 2.34. The van der Waals surface area contributed by atoms with E-state index in [1.807, 2.05) is 0 Å². The summed E-state index contributed by atoms with van der Waals surface area (Å²) in [6.07, 6.45) is 2.52. The van der Waals surface area contributed by atoms with Gasteiger partial charge in [0.15, 0.2) is 11.5 Å². The number of ether oxygens (including phenoxy) is 2. The average Bonchev–Trinajstić information content (AvgIpc) is 2.76. The zero-order chi connectivity index (χ0) is 12.3. The Morgan fingerprint density at radius 1 is 1.06 bits per heavy atom. The molecule has 0 radical (unpaired) electrons. The molecule has 1 heterocycles. The number of unbranched alkanes of at least 4 members (excludes halogenated alkanes) is 1. The van der Waals surface area contributed by atoms with Gasteiger partial charge < -0.3 is 9.47 Å². The zero-order valence-electron chi connectivity index (χ0n) is 11.0. The highest BCUT2D eigenvalue weighted by atomic mass is 16.5. The van der Waals surface area contributed by atoms with E-state index in [0.29, 0.717) is 0 Å². The van der Waals surface area contributed by atoms with Crippen LogP contribution in [0.3, 0.4) is 0 Å². The molecular weight excluding hydrogens is 214 g/mol. The molecule has 0 unspecified atom stereocenters. The molecule has 0 saturated carbocycles. The Hall–Kier alpha value is -1.22. The van der Waals surface area contributed by atoms with Crippen molar-refractivity contribution in [2.24, 2.45) is 0 Å². The topological polar surface area (TPSA) is 21.7 Å². The Morgan fingerprint density at radius 3 is 2.00 bits per heavy atom. The fraction of sp³-hybridized carbons (Fsp3) is 0.571. The van der Waals surface area contributed by atoms with Crippen LogP contribution in [0.5, 0.6) is 11.5 Å². The van der Waals surface area contributed by atoms with E-state index >= 15 is 0 Å². The minimum absolute atomic E-state index is 0.837. The maximum atomic E-state index is 5.33. The van der Waals surface area contributed by atoms with Gasteiger partial charge in [0, 0.05) is 13.1 Å². The van der Waals surface area contributed by atoms with E-state index in [4.69, 9.17) is 9.47 Å². The molecule has 1 aromatic carbocycles. The maximum absolute atomic E-state index is 5.33. The van der Waals surface area contributed by atoms with Crippen molar-refractivity contribution in [3.8, 4) is 11.5 Å². The summed E-state index contributed by atoms with van der Waals surface area (Å²) in [5.74, 6) is 1.67. The molecule has 0 amide bonds. The van der Waals surface area contributed by atoms with Gasteiger partial charge in [-0.1, -0.05) is 13.3 Å². The number of fused-ring (bicyclic) bond motifs is 1. The number of nitrogens with zero attached hydrogens (tertiary/aromatic N) is 1. The molecule has 3 heteroatoms. The first-order chi connectivity index (χ1) is 8.28. The fourth-order valence-corrected chi connectivity index (χ4v) is 2.34. The van der Waals surface area contributed by atoms with Crippen molar-refractivity contribution in [1.82, 2.24) is 4.90 Å². The molecule has 0 spiro atoms. The Morgan fingerprint density at radius 2 is 1.59 bits per heavy atom. The zero-order valence-corrected chi connectivity index (χ0v) is 11.0. The highest BCUT2D eigenvalue weighted by molar-refractivity contribution is 5.48. The summed E-state index contributed by atoms with van der Waals surface area (Å²) in [7, 11) is 3.38. The van der Waals surface area contributed by atoms with Gasteiger partial charge in [-0.15, -0.1) is 0 Å². The van der Waals surface area contributed by atoms with Crippen LogP contribution in [0.1, 0.15) is 30.9 Å². The van der Waals surface area contributed by atoms with Crippen molar-refractivity contribution in [3.05, 3.63) is 23.3 Å². The van der Waals surface area contributed by atoms with Crippen LogP contribution in [-0.4, -0.2) is 25.7 Å². The van der Waals surface area contributed by atoms with Gasteiger partial charge in [-0.3, -0.25) is 4.90 Å². The van der Waals surface area contributed by atoms with Crippen LogP contribution in [0.4, 0.5) is 0 Å². The average molecular weight is 235 g/mol. The standard InChI is InChI=1S/C14H21NO2/c1-4-5-6-15-9-11-7-13(16-2)14(17-3)8-12(11)10-15/h7-8H,4-6,9-10H2,1-3H3. The predicted molar refractivity (Wildman–Crippen MR) is 68.6 cm³/mol. The van der Waals surface area contributed by atoms with E-state index < -0.39 is 0 Å². The lowest BCUT2D eigenvalue weighted by molar-refractivity contribution is 0.279. The van der Waals surface area contributed by atoms with Crippen molar-refractivity contribution in [3.63, 3.8) is 0 Å². The lowest BCUT2D eigenvalue weighted by atomic mass is 10.1. The Labute approximate surface area is 103 Å². The van der Waals surface area contributed by atoms with E-state index in [1.165, 1.54) is 30.5 Å². The summed E-state index contributed by atoms with van der Waals surface area (Å²) in [5, 5.41) is 0. The molecule has 0 N–H and O–H groups in total. The predicted octanol–water partition coefficient (Wildman–Crippen LogP) is 2.82. The molecule has 0 saturated heterocycles. The quantitative estimate of drug-likeness (QED) is 0.783. The third-order valence-corrected chi connectivity index (χ3v) is 3.32. The van der Waals surface area contributed by atoms with Gasteiger partial charge in [0.05, 0.1) is 14.2 Å². The molecular formula is C14H21NO2. The van der Waals surface area contributed by atoms with Crippen LogP contribution in [0.15, 0.2) is 12.1 Å². The van der Waals surface area contributed by atoms with Crippen molar-refractivity contribution in [2.45, 2.75) is 32.9 Å². The lowest BCUT2D eigenvalue weighted by Crippen LogP contribution is -2.17. The van der Waals surface area contributed by atoms with E-state index in [9.17, 15) is 0 Å². The summed E-state index contributed by atoms with van der Waals surface area (Å²) < 4.78 is 10.7. The molecule has 0 aromatic heterocycles. The summed E-state index contributed by atoms with van der Waals surface area (Å²) in [5.41, 5.74) is 2.75. The van der Waals surface area contributed by atoms with Gasteiger partial charge in [0.25, 0.3) is 0 Å². The first-order valence-electron chi connectivity index (χ1n) is 6.24. The SMILES string of the molecule is CCCCN1Cc2cc(OC)c(OC)cc2C1. The monoisotopic (exact) mass is 235 g/mol. The van der Waals surface area contributed by atoms with Gasteiger partial charge in [0.2, 0.25) is 0 Å². The van der Waals surface area contributed by atoms with Crippen molar-refractivity contribution >= 4 is 0 Å². The molecule has 1 aliphatic rings. The Kier molecular flexibility index (Phi) is 3.89. The number of rotatable bonds is 5. The second kappa shape index (κ2) is 5.41. The number of methoxy groups -OCH3 is 2. The van der Waals surface area contributed by atoms with Gasteiger partial charge in [-0.2, -0.15) is 0 Å². The maximum Gasteiger partial charge on any atom is 0.161 e. The molecule has 0 bridgehead atoms. The second-order valence-corrected chi connectivity index (χ2v) is 4.54. The van der Waals surface area contributed by atoms with Crippen LogP contribution >= 0.6 is 0 Å². The van der Waals surface area contributed by atoms with Crippen LogP contribution < -0.4 is 9.47 Å². The van der Waals surface area contributed by atoms with Gasteiger partial charge in [-0.25, -0.2) is 0 Å². The van der Waals surface area contributed by atoms with Gasteiger partial charge in [0.1, 0.15) is 0 Å². The minimum atomic E-state index is 0.837. The number of hydrogen-bond acceptors (Lipinski definition) is 3. The Balaban J connectivity index is 2.15. The van der Waals surface area contributed by atoms with Crippen LogP contribution in [0.2, 0.25) is 0 Å². The third-order valence-electron chi connectivity index (χ3n) is 3.32. The Bertz CT molecular complexity index is 357. The second-order valence-electron chi connectivity index (χ2n) is 4.54. The molecule has 0 aliphatic carbocycles. The smallest absolute Gasteiger partial charge is 0.161 e. The van der Waals surface area contributed by atoms with Crippen molar-refractivity contribution in [1.29, 1.82) is 0 Å². The molecule has 1 aliphatic heterocycles. The van der Waals surface area contributed by atoms with Crippen molar-refractivity contribution < 1.29 is 9.47 Å². The van der Waals surface area contributed by atoms with Gasteiger partial charge in [-0.05, 0) is 36.2 Å². The van der Waals surface area contributed by atoms with Crippen LogP contribution in [0, 0.1) is 0 Å². The first-order valence-corrected chi connectivity index (χ1v) is 6.24. The molecule has 17 heavy (non-hydrogen) atoms. The number of benzene rings is 1. The largest absolute Gasteiger partial charge is 0.493 e. The lowest BCUT2D eigenvalue weighted by Gasteiger charge is -2.13. The highest BCUT2D eigenvalue weighted by Crippen LogP contribution is 2.34. The molecule has 1 aromatic rings. The van der Waals surface area contributed by atoms with E-state index in [-0.39, 0.29) is 0 Å².